The van der Waals surface area contributed by atoms with E-state index in [4.69, 9.17) is 0 Å². The van der Waals surface area contributed by atoms with E-state index in [1.165, 1.54) is 31.5 Å². The molecule has 20 heavy (non-hydrogen) atoms. The Morgan fingerprint density at radius 2 is 1.95 bits per heavy atom. The fourth-order valence-corrected chi connectivity index (χ4v) is 1.84. The molecule has 0 amide bonds. The van der Waals surface area contributed by atoms with Crippen molar-refractivity contribution in [2.24, 2.45) is 4.99 Å². The molecule has 4 nitrogen and oxygen atoms in total. The van der Waals surface area contributed by atoms with E-state index in [1.54, 1.807) is 0 Å². The highest BCUT2D eigenvalue weighted by molar-refractivity contribution is 9.10. The second-order valence-corrected chi connectivity index (χ2v) is 4.92. The van der Waals surface area contributed by atoms with Crippen molar-refractivity contribution in [3.05, 3.63) is 58.1 Å². The monoisotopic (exact) mass is 333 g/mol. The Labute approximate surface area is 124 Å². The number of ether oxygens (including phenoxy) is 1. The third-order valence-corrected chi connectivity index (χ3v) is 3.16. The first-order valence-electron chi connectivity index (χ1n) is 5.81. The van der Waals surface area contributed by atoms with E-state index in [2.05, 4.69) is 25.7 Å². The predicted molar refractivity (Wildman–Crippen MR) is 80.8 cm³/mol. The van der Waals surface area contributed by atoms with Crippen molar-refractivity contribution >= 4 is 33.8 Å². The maximum absolute atomic E-state index is 11.4. The van der Waals surface area contributed by atoms with Crippen LogP contribution in [0.3, 0.4) is 0 Å². The largest absolute Gasteiger partial charge is 0.507 e. The van der Waals surface area contributed by atoms with Gasteiger partial charge >= 0.3 is 5.97 Å². The molecule has 0 bridgehead atoms. The molecule has 0 saturated heterocycles. The number of carbonyl (C=O) groups is 1. The SMILES string of the molecule is COC(=O)c1ccc(O)c(C=Nc2ccc(Br)cc2)c1. The van der Waals surface area contributed by atoms with Gasteiger partial charge in [0.1, 0.15) is 5.75 Å². The predicted octanol–water partition coefficient (Wildman–Crippen LogP) is 3.69. The van der Waals surface area contributed by atoms with Gasteiger partial charge in [0.2, 0.25) is 0 Å². The van der Waals surface area contributed by atoms with Gasteiger partial charge in [-0.05, 0) is 42.5 Å². The number of benzene rings is 2. The van der Waals surface area contributed by atoms with Crippen LogP contribution < -0.4 is 0 Å². The van der Waals surface area contributed by atoms with Crippen LogP contribution in [-0.2, 0) is 4.74 Å². The first kappa shape index (κ1) is 14.3. The number of rotatable bonds is 3. The van der Waals surface area contributed by atoms with E-state index < -0.39 is 5.97 Å². The summed E-state index contributed by atoms with van der Waals surface area (Å²) in [5, 5.41) is 9.76. The smallest absolute Gasteiger partial charge is 0.337 e. The second-order valence-electron chi connectivity index (χ2n) is 4.00. The number of aromatic hydroxyl groups is 1. The number of carbonyl (C=O) groups excluding carboxylic acids is 1. The van der Waals surface area contributed by atoms with Crippen molar-refractivity contribution in [3.8, 4) is 5.75 Å². The lowest BCUT2D eigenvalue weighted by Crippen LogP contribution is -2.01. The van der Waals surface area contributed by atoms with Crippen LogP contribution in [0.2, 0.25) is 0 Å². The highest BCUT2D eigenvalue weighted by Gasteiger charge is 2.08. The molecule has 0 aliphatic heterocycles. The molecule has 0 fully saturated rings. The summed E-state index contributed by atoms with van der Waals surface area (Å²) in [7, 11) is 1.31. The fraction of sp³-hybridized carbons (Fsp3) is 0.0667. The molecule has 1 N–H and O–H groups in total. The maximum atomic E-state index is 11.4. The fourth-order valence-electron chi connectivity index (χ4n) is 1.57. The zero-order chi connectivity index (χ0) is 14.5. The van der Waals surface area contributed by atoms with Crippen LogP contribution in [0, 0.1) is 0 Å². The van der Waals surface area contributed by atoms with Gasteiger partial charge in [-0.1, -0.05) is 15.9 Å². The Morgan fingerprint density at radius 1 is 1.25 bits per heavy atom. The van der Waals surface area contributed by atoms with E-state index in [0.717, 1.165) is 10.2 Å². The van der Waals surface area contributed by atoms with Crippen molar-refractivity contribution in [1.29, 1.82) is 0 Å². The zero-order valence-electron chi connectivity index (χ0n) is 10.7. The highest BCUT2D eigenvalue weighted by Crippen LogP contribution is 2.20. The van der Waals surface area contributed by atoms with Crippen LogP contribution in [0.5, 0.6) is 5.75 Å². The van der Waals surface area contributed by atoms with Crippen molar-refractivity contribution in [1.82, 2.24) is 0 Å². The summed E-state index contributed by atoms with van der Waals surface area (Å²) in [6, 6.07) is 11.9. The number of nitrogens with zero attached hydrogens (tertiary/aromatic N) is 1. The zero-order valence-corrected chi connectivity index (χ0v) is 12.3. The van der Waals surface area contributed by atoms with Crippen LogP contribution in [0.4, 0.5) is 5.69 Å². The molecule has 5 heteroatoms. The summed E-state index contributed by atoms with van der Waals surface area (Å²) < 4.78 is 5.60. The molecule has 0 aromatic heterocycles. The number of hydrogen-bond acceptors (Lipinski definition) is 4. The third-order valence-electron chi connectivity index (χ3n) is 2.63. The molecule has 0 saturated carbocycles. The van der Waals surface area contributed by atoms with Crippen LogP contribution in [0.1, 0.15) is 15.9 Å². The number of hydrogen-bond donors (Lipinski definition) is 1. The number of phenolic OH excluding ortho intramolecular Hbond substituents is 1. The minimum Gasteiger partial charge on any atom is -0.507 e. The molecule has 102 valence electrons. The Hall–Kier alpha value is -2.14. The lowest BCUT2D eigenvalue weighted by molar-refractivity contribution is 0.0600. The minimum absolute atomic E-state index is 0.0542. The van der Waals surface area contributed by atoms with Crippen LogP contribution in [-0.4, -0.2) is 24.4 Å². The number of halogens is 1. The number of aliphatic imine (C=N–C) groups is 1. The Morgan fingerprint density at radius 3 is 2.60 bits per heavy atom. The molecule has 0 spiro atoms. The van der Waals surface area contributed by atoms with E-state index in [1.807, 2.05) is 24.3 Å². The molecule has 0 unspecified atom stereocenters. The minimum atomic E-state index is -0.455. The van der Waals surface area contributed by atoms with Crippen LogP contribution in [0.25, 0.3) is 0 Å². The van der Waals surface area contributed by atoms with Crippen molar-refractivity contribution < 1.29 is 14.6 Å². The summed E-state index contributed by atoms with van der Waals surface area (Å²) >= 11 is 3.34. The molecule has 2 aromatic rings. The first-order valence-corrected chi connectivity index (χ1v) is 6.60. The molecular formula is C15H12BrNO3. The average Bonchev–Trinajstić information content (AvgIpc) is 2.47. The maximum Gasteiger partial charge on any atom is 0.337 e. The summed E-state index contributed by atoms with van der Waals surface area (Å²) in [5.41, 5.74) is 1.56. The molecule has 0 aliphatic carbocycles. The van der Waals surface area contributed by atoms with E-state index in [-0.39, 0.29) is 5.75 Å². The van der Waals surface area contributed by atoms with Gasteiger partial charge in [-0.25, -0.2) is 4.79 Å². The van der Waals surface area contributed by atoms with Gasteiger partial charge in [-0.2, -0.15) is 0 Å². The van der Waals surface area contributed by atoms with Gasteiger partial charge in [-0.3, -0.25) is 4.99 Å². The molecule has 0 heterocycles. The molecule has 2 aromatic carbocycles. The topological polar surface area (TPSA) is 58.9 Å². The standard InChI is InChI=1S/C15H12BrNO3/c1-20-15(19)10-2-7-14(18)11(8-10)9-17-13-5-3-12(16)4-6-13/h2-9,18H,1H3. The van der Waals surface area contributed by atoms with Crippen molar-refractivity contribution in [3.63, 3.8) is 0 Å². The molecule has 2 rings (SSSR count). The molecular weight excluding hydrogens is 322 g/mol. The Bertz CT molecular complexity index is 651. The lowest BCUT2D eigenvalue weighted by Gasteiger charge is -2.03. The van der Waals surface area contributed by atoms with Gasteiger partial charge < -0.3 is 9.84 Å². The molecule has 0 aliphatic rings. The average molecular weight is 334 g/mol. The normalized spacial score (nSPS) is 10.7. The summed E-state index contributed by atoms with van der Waals surface area (Å²) in [4.78, 5) is 15.7. The number of methoxy groups -OCH3 is 1. The Balaban J connectivity index is 2.28. The first-order chi connectivity index (χ1) is 9.60. The van der Waals surface area contributed by atoms with E-state index in [0.29, 0.717) is 11.1 Å². The molecule has 0 atom stereocenters. The van der Waals surface area contributed by atoms with Gasteiger partial charge in [0, 0.05) is 16.3 Å². The Kier molecular flexibility index (Phi) is 4.53. The van der Waals surface area contributed by atoms with Crippen molar-refractivity contribution in [2.45, 2.75) is 0 Å². The highest BCUT2D eigenvalue weighted by atomic mass is 79.9. The number of esters is 1. The van der Waals surface area contributed by atoms with Crippen molar-refractivity contribution in [2.75, 3.05) is 7.11 Å². The second kappa shape index (κ2) is 6.34. The lowest BCUT2D eigenvalue weighted by atomic mass is 10.1. The van der Waals surface area contributed by atoms with Gasteiger partial charge in [0.15, 0.2) is 0 Å². The van der Waals surface area contributed by atoms with Crippen LogP contribution >= 0.6 is 15.9 Å². The van der Waals surface area contributed by atoms with Gasteiger partial charge in [0.05, 0.1) is 18.4 Å². The van der Waals surface area contributed by atoms with Gasteiger partial charge in [0.25, 0.3) is 0 Å². The quantitative estimate of drug-likeness (QED) is 0.688. The summed E-state index contributed by atoms with van der Waals surface area (Å²) in [6.45, 7) is 0. The number of phenols is 1. The van der Waals surface area contributed by atoms with Gasteiger partial charge in [-0.15, -0.1) is 0 Å². The summed E-state index contributed by atoms with van der Waals surface area (Å²) in [6.07, 6.45) is 1.50. The summed E-state index contributed by atoms with van der Waals surface area (Å²) in [5.74, 6) is -0.401. The van der Waals surface area contributed by atoms with E-state index >= 15 is 0 Å². The van der Waals surface area contributed by atoms with Crippen LogP contribution in [0.15, 0.2) is 51.9 Å². The van der Waals surface area contributed by atoms with E-state index in [9.17, 15) is 9.90 Å². The third kappa shape index (κ3) is 3.45. The molecule has 0 radical (unpaired) electrons.